The number of carbonyl (C=O) groups excluding carboxylic acids is 1. The van der Waals surface area contributed by atoms with Gasteiger partial charge in [-0.05, 0) is 43.2 Å². The number of para-hydroxylation sites is 1. The standard InChI is InChI=1S/C24H20N2O.ClH/c1-16-9-8-12-19(15-16)26-24(27)22-17(2)25-21-14-7-6-13-20(21)23(22)18-10-4-3-5-11-18;/h3-15H,1-2H3,(H,26,27);1H. The van der Waals surface area contributed by atoms with Gasteiger partial charge in [-0.15, -0.1) is 12.4 Å². The summed E-state index contributed by atoms with van der Waals surface area (Å²) in [6, 6.07) is 25.8. The van der Waals surface area contributed by atoms with Crippen LogP contribution in [0.1, 0.15) is 21.6 Å². The molecule has 3 aromatic carbocycles. The summed E-state index contributed by atoms with van der Waals surface area (Å²) in [5.41, 5.74) is 6.04. The molecule has 1 heterocycles. The molecule has 140 valence electrons. The highest BCUT2D eigenvalue weighted by Gasteiger charge is 2.20. The van der Waals surface area contributed by atoms with Gasteiger partial charge in [-0.25, -0.2) is 0 Å². The third-order valence-corrected chi connectivity index (χ3v) is 4.64. The van der Waals surface area contributed by atoms with Crippen molar-refractivity contribution in [2.45, 2.75) is 13.8 Å². The Kier molecular flexibility index (Phi) is 5.76. The Bertz CT molecular complexity index is 1140. The van der Waals surface area contributed by atoms with Crippen molar-refractivity contribution in [3.8, 4) is 11.1 Å². The highest BCUT2D eigenvalue weighted by molar-refractivity contribution is 6.14. The number of aryl methyl sites for hydroxylation is 2. The van der Waals surface area contributed by atoms with Crippen LogP contribution in [0, 0.1) is 13.8 Å². The number of anilines is 1. The van der Waals surface area contributed by atoms with Crippen LogP contribution in [-0.2, 0) is 0 Å². The number of amides is 1. The number of nitrogens with one attached hydrogen (secondary N) is 1. The average molecular weight is 389 g/mol. The molecule has 0 aliphatic rings. The first-order valence-electron chi connectivity index (χ1n) is 8.96. The van der Waals surface area contributed by atoms with Crippen LogP contribution >= 0.6 is 12.4 Å². The molecule has 1 amide bonds. The van der Waals surface area contributed by atoms with Crippen molar-refractivity contribution >= 4 is 34.9 Å². The van der Waals surface area contributed by atoms with Crippen LogP contribution in [0.4, 0.5) is 5.69 Å². The Morgan fingerprint density at radius 2 is 1.57 bits per heavy atom. The van der Waals surface area contributed by atoms with Crippen molar-refractivity contribution in [3.63, 3.8) is 0 Å². The van der Waals surface area contributed by atoms with Gasteiger partial charge in [-0.1, -0.05) is 60.7 Å². The minimum atomic E-state index is -0.143. The van der Waals surface area contributed by atoms with Crippen LogP contribution in [0.2, 0.25) is 0 Å². The lowest BCUT2D eigenvalue weighted by Gasteiger charge is -2.16. The monoisotopic (exact) mass is 388 g/mol. The van der Waals surface area contributed by atoms with Crippen molar-refractivity contribution in [1.29, 1.82) is 0 Å². The molecule has 28 heavy (non-hydrogen) atoms. The number of hydrogen-bond donors (Lipinski definition) is 1. The van der Waals surface area contributed by atoms with Gasteiger partial charge < -0.3 is 5.32 Å². The molecule has 0 radical (unpaired) electrons. The van der Waals surface area contributed by atoms with Crippen LogP contribution in [-0.4, -0.2) is 10.9 Å². The Morgan fingerprint density at radius 1 is 0.857 bits per heavy atom. The minimum Gasteiger partial charge on any atom is -0.322 e. The fraction of sp³-hybridized carbons (Fsp3) is 0.0833. The lowest BCUT2D eigenvalue weighted by molar-refractivity contribution is 0.102. The third-order valence-electron chi connectivity index (χ3n) is 4.64. The van der Waals surface area contributed by atoms with E-state index in [1.807, 2.05) is 92.7 Å². The van der Waals surface area contributed by atoms with Crippen molar-refractivity contribution in [1.82, 2.24) is 4.98 Å². The summed E-state index contributed by atoms with van der Waals surface area (Å²) in [6.45, 7) is 3.90. The van der Waals surface area contributed by atoms with E-state index in [2.05, 4.69) is 10.3 Å². The maximum atomic E-state index is 13.2. The van der Waals surface area contributed by atoms with Crippen LogP contribution in [0.15, 0.2) is 78.9 Å². The van der Waals surface area contributed by atoms with Crippen LogP contribution < -0.4 is 5.32 Å². The molecule has 0 aliphatic carbocycles. The summed E-state index contributed by atoms with van der Waals surface area (Å²) in [5, 5.41) is 4.01. The second-order valence-electron chi connectivity index (χ2n) is 6.65. The quantitative estimate of drug-likeness (QED) is 0.454. The topological polar surface area (TPSA) is 42.0 Å². The maximum Gasteiger partial charge on any atom is 0.258 e. The fourth-order valence-corrected chi connectivity index (χ4v) is 3.43. The highest BCUT2D eigenvalue weighted by atomic mass is 35.5. The minimum absolute atomic E-state index is 0. The molecule has 0 fully saturated rings. The number of benzene rings is 3. The second-order valence-corrected chi connectivity index (χ2v) is 6.65. The van der Waals surface area contributed by atoms with E-state index in [0.717, 1.165) is 39.0 Å². The van der Waals surface area contributed by atoms with E-state index in [-0.39, 0.29) is 18.3 Å². The molecule has 4 aromatic rings. The molecule has 0 saturated heterocycles. The van der Waals surface area contributed by atoms with Gasteiger partial charge in [-0.2, -0.15) is 0 Å². The number of fused-ring (bicyclic) bond motifs is 1. The van der Waals surface area contributed by atoms with E-state index in [1.54, 1.807) is 0 Å². The molecule has 3 nitrogen and oxygen atoms in total. The maximum absolute atomic E-state index is 13.2. The van der Waals surface area contributed by atoms with Gasteiger partial charge in [0.1, 0.15) is 0 Å². The Morgan fingerprint density at radius 3 is 2.32 bits per heavy atom. The lowest BCUT2D eigenvalue weighted by atomic mass is 9.94. The van der Waals surface area contributed by atoms with Crippen LogP contribution in [0.5, 0.6) is 0 Å². The van der Waals surface area contributed by atoms with E-state index in [9.17, 15) is 4.79 Å². The van der Waals surface area contributed by atoms with Crippen molar-refractivity contribution < 1.29 is 4.79 Å². The van der Waals surface area contributed by atoms with Crippen molar-refractivity contribution in [2.75, 3.05) is 5.32 Å². The van der Waals surface area contributed by atoms with Gasteiger partial charge in [0.2, 0.25) is 0 Å². The van der Waals surface area contributed by atoms with E-state index in [0.29, 0.717) is 5.56 Å². The van der Waals surface area contributed by atoms with E-state index in [4.69, 9.17) is 0 Å². The van der Waals surface area contributed by atoms with Gasteiger partial charge in [0.15, 0.2) is 0 Å². The van der Waals surface area contributed by atoms with Gasteiger partial charge in [0.25, 0.3) is 5.91 Å². The van der Waals surface area contributed by atoms with Gasteiger partial charge in [0.05, 0.1) is 16.8 Å². The molecule has 0 unspecified atom stereocenters. The van der Waals surface area contributed by atoms with E-state index >= 15 is 0 Å². The molecule has 1 aromatic heterocycles. The molecule has 4 heteroatoms. The second kappa shape index (κ2) is 8.24. The summed E-state index contributed by atoms with van der Waals surface area (Å²) in [4.78, 5) is 17.9. The fourth-order valence-electron chi connectivity index (χ4n) is 3.43. The number of hydrogen-bond acceptors (Lipinski definition) is 2. The first kappa shape index (κ1) is 19.6. The number of nitrogens with zero attached hydrogens (tertiary/aromatic N) is 1. The van der Waals surface area contributed by atoms with Crippen LogP contribution in [0.25, 0.3) is 22.0 Å². The summed E-state index contributed by atoms with van der Waals surface area (Å²) >= 11 is 0. The third kappa shape index (κ3) is 3.75. The SMILES string of the molecule is Cc1cccc(NC(=O)c2c(C)nc3ccccc3c2-c2ccccc2)c1.Cl. The van der Waals surface area contributed by atoms with Crippen molar-refractivity contribution in [2.24, 2.45) is 0 Å². The van der Waals surface area contributed by atoms with Gasteiger partial charge in [-0.3, -0.25) is 9.78 Å². The molecule has 0 spiro atoms. The van der Waals surface area contributed by atoms with Crippen LogP contribution in [0.3, 0.4) is 0 Å². The summed E-state index contributed by atoms with van der Waals surface area (Å²) in [7, 11) is 0. The molecule has 0 saturated carbocycles. The zero-order valence-electron chi connectivity index (χ0n) is 15.8. The number of rotatable bonds is 3. The summed E-state index contributed by atoms with van der Waals surface area (Å²) < 4.78 is 0. The lowest BCUT2D eigenvalue weighted by Crippen LogP contribution is -2.16. The molecular weight excluding hydrogens is 368 g/mol. The largest absolute Gasteiger partial charge is 0.322 e. The number of halogens is 1. The molecule has 1 N–H and O–H groups in total. The molecular formula is C24H21ClN2O. The molecule has 0 atom stereocenters. The van der Waals surface area contributed by atoms with Crippen molar-refractivity contribution in [3.05, 3.63) is 95.7 Å². The number of carbonyl (C=O) groups is 1. The Labute approximate surface area is 170 Å². The van der Waals surface area contributed by atoms with Gasteiger partial charge >= 0.3 is 0 Å². The molecule has 0 bridgehead atoms. The predicted molar refractivity (Wildman–Crippen MR) is 118 cm³/mol. The average Bonchev–Trinajstić information content (AvgIpc) is 2.67. The first-order chi connectivity index (χ1) is 13.1. The summed E-state index contributed by atoms with van der Waals surface area (Å²) in [6.07, 6.45) is 0. The smallest absolute Gasteiger partial charge is 0.258 e. The predicted octanol–water partition coefficient (Wildman–Crippen LogP) is 6.19. The Hall–Kier alpha value is -3.17. The van der Waals surface area contributed by atoms with E-state index in [1.165, 1.54) is 0 Å². The highest BCUT2D eigenvalue weighted by Crippen LogP contribution is 2.33. The van der Waals surface area contributed by atoms with Gasteiger partial charge in [0, 0.05) is 16.6 Å². The normalized spacial score (nSPS) is 10.4. The zero-order valence-corrected chi connectivity index (χ0v) is 16.6. The zero-order chi connectivity index (χ0) is 18.8. The summed E-state index contributed by atoms with van der Waals surface area (Å²) in [5.74, 6) is -0.143. The first-order valence-corrected chi connectivity index (χ1v) is 8.96. The molecule has 0 aliphatic heterocycles. The number of pyridine rings is 1. The van der Waals surface area contributed by atoms with E-state index < -0.39 is 0 Å². The molecule has 4 rings (SSSR count). The Balaban J connectivity index is 0.00000225. The number of aromatic nitrogens is 1.